The molecule has 4 nitrogen and oxygen atoms in total. The van der Waals surface area contributed by atoms with Crippen molar-refractivity contribution in [3.63, 3.8) is 0 Å². The molecular formula is C31H33BrClFN2O2S. The summed E-state index contributed by atoms with van der Waals surface area (Å²) >= 11 is 11.0. The molecule has 0 spiro atoms. The van der Waals surface area contributed by atoms with Crippen LogP contribution in [0.15, 0.2) is 77.3 Å². The number of thioether (sulfide) groups is 1. The predicted molar refractivity (Wildman–Crippen MR) is 161 cm³/mol. The number of benzene rings is 3. The maximum Gasteiger partial charge on any atom is 0.243 e. The number of nitrogens with one attached hydrogen (secondary N) is 1. The summed E-state index contributed by atoms with van der Waals surface area (Å²) in [5.41, 5.74) is 2.30. The van der Waals surface area contributed by atoms with E-state index < -0.39 is 6.04 Å². The zero-order valence-corrected chi connectivity index (χ0v) is 24.9. The molecule has 0 aliphatic heterocycles. The molecule has 0 heterocycles. The van der Waals surface area contributed by atoms with Gasteiger partial charge in [-0.2, -0.15) is 0 Å². The minimum absolute atomic E-state index is 0.100. The minimum atomic E-state index is -0.678. The van der Waals surface area contributed by atoms with Gasteiger partial charge in [0.25, 0.3) is 0 Å². The lowest BCUT2D eigenvalue weighted by molar-refractivity contribution is -0.139. The number of carbonyl (C=O) groups excluding carboxylic acids is 2. The molecule has 0 aromatic heterocycles. The van der Waals surface area contributed by atoms with Gasteiger partial charge in [0.2, 0.25) is 11.8 Å². The van der Waals surface area contributed by atoms with Crippen LogP contribution in [0.4, 0.5) is 4.39 Å². The molecule has 1 fully saturated rings. The first-order valence-electron chi connectivity index (χ1n) is 13.3. The fourth-order valence-electron chi connectivity index (χ4n) is 4.88. The van der Waals surface area contributed by atoms with Crippen LogP contribution >= 0.6 is 39.3 Å². The number of halogens is 3. The van der Waals surface area contributed by atoms with E-state index in [1.807, 2.05) is 54.6 Å². The molecule has 39 heavy (non-hydrogen) atoms. The van der Waals surface area contributed by atoms with Gasteiger partial charge in [-0.25, -0.2) is 4.39 Å². The van der Waals surface area contributed by atoms with Crippen LogP contribution in [0, 0.1) is 5.82 Å². The molecule has 2 amide bonds. The number of rotatable bonds is 11. The van der Waals surface area contributed by atoms with Gasteiger partial charge in [-0.05, 0) is 48.2 Å². The smallest absolute Gasteiger partial charge is 0.243 e. The lowest BCUT2D eigenvalue weighted by Crippen LogP contribution is -2.53. The highest BCUT2D eigenvalue weighted by Gasteiger charge is 2.32. The van der Waals surface area contributed by atoms with Gasteiger partial charge in [0.15, 0.2) is 0 Å². The highest BCUT2D eigenvalue weighted by atomic mass is 79.9. The van der Waals surface area contributed by atoms with Crippen molar-refractivity contribution in [3.8, 4) is 0 Å². The van der Waals surface area contributed by atoms with Crippen LogP contribution in [-0.4, -0.2) is 34.6 Å². The van der Waals surface area contributed by atoms with Gasteiger partial charge in [-0.15, -0.1) is 11.8 Å². The van der Waals surface area contributed by atoms with Gasteiger partial charge in [-0.3, -0.25) is 9.59 Å². The molecule has 206 valence electrons. The first-order valence-corrected chi connectivity index (χ1v) is 15.6. The molecular weight excluding hydrogens is 599 g/mol. The Balaban J connectivity index is 1.57. The van der Waals surface area contributed by atoms with Crippen molar-refractivity contribution in [3.05, 3.63) is 105 Å². The number of carbonyl (C=O) groups is 2. The Hall–Kier alpha value is -2.35. The fourth-order valence-corrected chi connectivity index (χ4v) is 6.39. The second-order valence-corrected chi connectivity index (χ2v) is 12.2. The summed E-state index contributed by atoms with van der Waals surface area (Å²) in [5, 5.41) is 3.60. The van der Waals surface area contributed by atoms with E-state index in [2.05, 4.69) is 21.2 Å². The molecule has 0 bridgehead atoms. The van der Waals surface area contributed by atoms with Crippen LogP contribution < -0.4 is 5.32 Å². The summed E-state index contributed by atoms with van der Waals surface area (Å²) in [5.74, 6) is -0.319. The zero-order chi connectivity index (χ0) is 27.6. The molecule has 3 aromatic carbocycles. The quantitative estimate of drug-likeness (QED) is 0.238. The lowest BCUT2D eigenvalue weighted by Gasteiger charge is -2.33. The van der Waals surface area contributed by atoms with Crippen molar-refractivity contribution in [2.24, 2.45) is 0 Å². The number of amides is 2. The third-order valence-electron chi connectivity index (χ3n) is 7.02. The summed E-state index contributed by atoms with van der Waals surface area (Å²) in [7, 11) is 0. The zero-order valence-electron chi connectivity index (χ0n) is 21.8. The van der Waals surface area contributed by atoms with Crippen molar-refractivity contribution in [2.75, 3.05) is 5.75 Å². The van der Waals surface area contributed by atoms with Gasteiger partial charge in [0, 0.05) is 39.8 Å². The Morgan fingerprint density at radius 1 is 0.974 bits per heavy atom. The van der Waals surface area contributed by atoms with Gasteiger partial charge in [0.05, 0.1) is 5.75 Å². The SMILES string of the molecule is O=C(NC1CCCCC1)C(Cc1ccccc1)N(Cc1ccc(Br)cc1)C(=O)CSCc1c(F)cccc1Cl. The van der Waals surface area contributed by atoms with Crippen LogP contribution in [0.1, 0.15) is 48.8 Å². The van der Waals surface area contributed by atoms with Crippen LogP contribution in [0.3, 0.4) is 0 Å². The maximum atomic E-state index is 14.3. The van der Waals surface area contributed by atoms with Crippen molar-refractivity contribution in [1.29, 1.82) is 0 Å². The molecule has 1 atom stereocenters. The van der Waals surface area contributed by atoms with E-state index in [-0.39, 0.29) is 35.2 Å². The second-order valence-electron chi connectivity index (χ2n) is 9.89. The number of hydrogen-bond donors (Lipinski definition) is 1. The molecule has 1 saturated carbocycles. The third kappa shape index (κ3) is 8.82. The van der Waals surface area contributed by atoms with Crippen LogP contribution in [0.2, 0.25) is 5.02 Å². The van der Waals surface area contributed by atoms with Crippen LogP contribution in [0.5, 0.6) is 0 Å². The van der Waals surface area contributed by atoms with Gasteiger partial charge in [0.1, 0.15) is 11.9 Å². The normalized spacial score (nSPS) is 14.5. The minimum Gasteiger partial charge on any atom is -0.352 e. The summed E-state index contributed by atoms with van der Waals surface area (Å²) in [6, 6.07) is 21.6. The van der Waals surface area contributed by atoms with E-state index in [0.717, 1.165) is 41.3 Å². The highest BCUT2D eigenvalue weighted by Crippen LogP contribution is 2.25. The summed E-state index contributed by atoms with van der Waals surface area (Å²) < 4.78 is 15.2. The average molecular weight is 632 g/mol. The lowest BCUT2D eigenvalue weighted by atomic mass is 9.94. The molecule has 1 unspecified atom stereocenters. The maximum absolute atomic E-state index is 14.3. The Kier molecular flexibility index (Phi) is 11.3. The largest absolute Gasteiger partial charge is 0.352 e. The van der Waals surface area contributed by atoms with Crippen molar-refractivity contribution in [2.45, 2.75) is 62.9 Å². The van der Waals surface area contributed by atoms with E-state index in [0.29, 0.717) is 23.6 Å². The first kappa shape index (κ1) is 29.6. The molecule has 8 heteroatoms. The van der Waals surface area contributed by atoms with E-state index in [9.17, 15) is 14.0 Å². The number of nitrogens with zero attached hydrogens (tertiary/aromatic N) is 1. The molecule has 4 rings (SSSR count). The molecule has 1 N–H and O–H groups in total. The molecule has 3 aromatic rings. The second kappa shape index (κ2) is 14.9. The van der Waals surface area contributed by atoms with Gasteiger partial charge < -0.3 is 10.2 Å². The Morgan fingerprint density at radius 2 is 1.69 bits per heavy atom. The first-order chi connectivity index (χ1) is 18.9. The Labute approximate surface area is 247 Å². The van der Waals surface area contributed by atoms with E-state index in [1.54, 1.807) is 17.0 Å². The van der Waals surface area contributed by atoms with Crippen LogP contribution in [0.25, 0.3) is 0 Å². The van der Waals surface area contributed by atoms with Gasteiger partial charge in [-0.1, -0.05) is 95.3 Å². The Bertz CT molecular complexity index is 1220. The van der Waals surface area contributed by atoms with Crippen molar-refractivity contribution in [1.82, 2.24) is 10.2 Å². The highest BCUT2D eigenvalue weighted by molar-refractivity contribution is 9.10. The standard InChI is InChI=1S/C31H33BrClFN2O2S/c32-24-16-14-23(15-17-24)19-36(30(37)21-39-20-26-27(33)12-7-13-28(26)34)29(18-22-8-3-1-4-9-22)31(38)35-25-10-5-2-6-11-25/h1,3-4,7-9,12-17,25,29H,2,5-6,10-11,18-21H2,(H,35,38). The molecule has 0 saturated heterocycles. The van der Waals surface area contributed by atoms with Crippen molar-refractivity contribution >= 4 is 51.1 Å². The fraction of sp³-hybridized carbons (Fsp3) is 0.355. The summed E-state index contributed by atoms with van der Waals surface area (Å²) in [6.07, 6.45) is 5.73. The summed E-state index contributed by atoms with van der Waals surface area (Å²) in [4.78, 5) is 29.3. The molecule has 0 radical (unpaired) electrons. The molecule has 1 aliphatic carbocycles. The van der Waals surface area contributed by atoms with E-state index in [1.165, 1.54) is 24.2 Å². The van der Waals surface area contributed by atoms with Crippen molar-refractivity contribution < 1.29 is 14.0 Å². The molecule has 1 aliphatic rings. The third-order valence-corrected chi connectivity index (χ3v) is 8.85. The summed E-state index contributed by atoms with van der Waals surface area (Å²) in [6.45, 7) is 0.294. The average Bonchev–Trinajstić information content (AvgIpc) is 2.94. The van der Waals surface area contributed by atoms with E-state index in [4.69, 9.17) is 11.6 Å². The predicted octanol–water partition coefficient (Wildman–Crippen LogP) is 7.56. The Morgan fingerprint density at radius 3 is 2.38 bits per heavy atom. The van der Waals surface area contributed by atoms with E-state index >= 15 is 0 Å². The number of hydrogen-bond acceptors (Lipinski definition) is 3. The monoisotopic (exact) mass is 630 g/mol. The topological polar surface area (TPSA) is 49.4 Å². The van der Waals surface area contributed by atoms with Gasteiger partial charge >= 0.3 is 0 Å². The van der Waals surface area contributed by atoms with Crippen LogP contribution in [-0.2, 0) is 28.3 Å².